The Morgan fingerprint density at radius 2 is 1.90 bits per heavy atom. The maximum atomic E-state index is 6.70. The van der Waals surface area contributed by atoms with Crippen LogP contribution in [-0.2, 0) is 0 Å². The molecule has 0 aromatic carbocycles. The van der Waals surface area contributed by atoms with Crippen molar-refractivity contribution < 1.29 is 31.0 Å². The molecule has 0 saturated carbocycles. The Labute approximate surface area is 83.8 Å². The second-order valence-electron chi connectivity index (χ2n) is 1.75. The molecule has 0 bridgehead atoms. The van der Waals surface area contributed by atoms with Crippen molar-refractivity contribution in [1.82, 2.24) is 4.90 Å². The molecule has 5 nitrogen and oxygen atoms in total. The Kier molecular flexibility index (Phi) is 6.85. The van der Waals surface area contributed by atoms with Gasteiger partial charge in [0.05, 0.1) is 0 Å². The third-order valence-electron chi connectivity index (χ3n) is 0.693. The molecule has 0 amide bonds. The number of aliphatic imine (C=N–C) groups is 1. The molecule has 0 unspecified atom stereocenters. The smallest absolute Gasteiger partial charge is 1.00 e. The first kappa shape index (κ1) is 12.4. The van der Waals surface area contributed by atoms with E-state index < -0.39 is 0 Å². The summed E-state index contributed by atoms with van der Waals surface area (Å²) in [6.07, 6.45) is 0. The molecule has 0 atom stereocenters. The molecule has 0 aromatic rings. The Balaban J connectivity index is -0.000000320. The SMILES string of the molecule is CN(C)C(N)=NC(=N)N.[H-].[Na+]. The third kappa shape index (κ3) is 5.87. The zero-order chi connectivity index (χ0) is 7.44. The fourth-order valence-corrected chi connectivity index (χ4v) is 0.223. The van der Waals surface area contributed by atoms with Crippen LogP contribution in [0.2, 0.25) is 0 Å². The van der Waals surface area contributed by atoms with Gasteiger partial charge in [0.25, 0.3) is 0 Å². The predicted molar refractivity (Wildman–Crippen MR) is 38.3 cm³/mol. The van der Waals surface area contributed by atoms with Gasteiger partial charge in [0.2, 0.25) is 5.96 Å². The molecule has 0 spiro atoms. The van der Waals surface area contributed by atoms with Crippen LogP contribution in [0.5, 0.6) is 0 Å². The Morgan fingerprint density at radius 3 is 2.00 bits per heavy atom. The van der Waals surface area contributed by atoms with E-state index in [1.165, 1.54) is 0 Å². The van der Waals surface area contributed by atoms with Gasteiger partial charge in [-0.1, -0.05) is 0 Å². The molecule has 10 heavy (non-hydrogen) atoms. The van der Waals surface area contributed by atoms with E-state index in [0.29, 0.717) is 0 Å². The van der Waals surface area contributed by atoms with Crippen LogP contribution in [0.3, 0.4) is 0 Å². The van der Waals surface area contributed by atoms with Gasteiger partial charge < -0.3 is 17.8 Å². The maximum Gasteiger partial charge on any atom is 1.00 e. The minimum atomic E-state index is -0.277. The van der Waals surface area contributed by atoms with Gasteiger partial charge >= 0.3 is 29.6 Å². The van der Waals surface area contributed by atoms with Crippen molar-refractivity contribution >= 4 is 11.9 Å². The number of nitrogens with one attached hydrogen (secondary N) is 1. The second-order valence-corrected chi connectivity index (χ2v) is 1.75. The molecule has 0 aliphatic rings. The van der Waals surface area contributed by atoms with Crippen LogP contribution >= 0.6 is 0 Å². The van der Waals surface area contributed by atoms with Crippen molar-refractivity contribution in [3.63, 3.8) is 0 Å². The number of rotatable bonds is 0. The number of hydrogen-bond donors (Lipinski definition) is 3. The van der Waals surface area contributed by atoms with Gasteiger partial charge in [-0.3, -0.25) is 5.41 Å². The van der Waals surface area contributed by atoms with Crippen molar-refractivity contribution in [3.8, 4) is 0 Å². The van der Waals surface area contributed by atoms with Crippen molar-refractivity contribution in [3.05, 3.63) is 0 Å². The van der Waals surface area contributed by atoms with E-state index in [0.717, 1.165) is 0 Å². The van der Waals surface area contributed by atoms with Crippen LogP contribution in [0.1, 0.15) is 1.43 Å². The molecule has 0 heterocycles. The number of hydrogen-bond acceptors (Lipinski definition) is 1. The molecule has 0 aromatic heterocycles. The summed E-state index contributed by atoms with van der Waals surface area (Å²) in [6, 6.07) is 0. The Bertz CT molecular complexity index is 145. The molecule has 5 N–H and O–H groups in total. The third-order valence-corrected chi connectivity index (χ3v) is 0.693. The minimum Gasteiger partial charge on any atom is -1.00 e. The summed E-state index contributed by atoms with van der Waals surface area (Å²) in [5, 5.41) is 6.70. The normalized spacial score (nSPS) is 10.0. The number of nitrogens with zero attached hydrogens (tertiary/aromatic N) is 2. The van der Waals surface area contributed by atoms with Crippen LogP contribution in [-0.4, -0.2) is 30.9 Å². The monoisotopic (exact) mass is 153 g/mol. The van der Waals surface area contributed by atoms with Gasteiger partial charge in [-0.05, 0) is 0 Å². The van der Waals surface area contributed by atoms with E-state index in [2.05, 4.69) is 4.99 Å². The summed E-state index contributed by atoms with van der Waals surface area (Å²) in [6.45, 7) is 0. The van der Waals surface area contributed by atoms with Gasteiger partial charge in [0.1, 0.15) is 0 Å². The molecule has 0 fully saturated rings. The molecule has 0 saturated heterocycles. The van der Waals surface area contributed by atoms with Crippen LogP contribution in [0.4, 0.5) is 0 Å². The molecule has 0 aliphatic heterocycles. The van der Waals surface area contributed by atoms with Crippen molar-refractivity contribution in [2.24, 2.45) is 16.5 Å². The molecule has 0 rings (SSSR count). The fourth-order valence-electron chi connectivity index (χ4n) is 0.223. The van der Waals surface area contributed by atoms with E-state index in [1.54, 1.807) is 19.0 Å². The van der Waals surface area contributed by atoms with E-state index in [9.17, 15) is 0 Å². The zero-order valence-electron chi connectivity index (χ0n) is 7.55. The summed E-state index contributed by atoms with van der Waals surface area (Å²) >= 11 is 0. The first-order chi connectivity index (χ1) is 4.04. The first-order valence-electron chi connectivity index (χ1n) is 2.39. The quantitative estimate of drug-likeness (QED) is 0.187. The number of nitrogens with two attached hydrogens (primary N) is 2. The van der Waals surface area contributed by atoms with Crippen LogP contribution in [0.15, 0.2) is 4.99 Å². The first-order valence-corrected chi connectivity index (χ1v) is 2.39. The fraction of sp³-hybridized carbons (Fsp3) is 0.500. The van der Waals surface area contributed by atoms with E-state index >= 15 is 0 Å². The summed E-state index contributed by atoms with van der Waals surface area (Å²) in [5.74, 6) is -0.0382. The standard InChI is InChI=1S/C4H11N5.Na.H/c1-9(2)4(7)8-3(5)6;;/h1-2H3,(H5,5,6,7,8);;/q;+1;-1. The average Bonchev–Trinajstić information content (AvgIpc) is 1.63. The average molecular weight is 153 g/mol. The van der Waals surface area contributed by atoms with Crippen LogP contribution < -0.4 is 41.0 Å². The summed E-state index contributed by atoms with van der Waals surface area (Å²) in [7, 11) is 3.45. The Morgan fingerprint density at radius 1 is 1.50 bits per heavy atom. The van der Waals surface area contributed by atoms with Gasteiger partial charge in [-0.15, -0.1) is 0 Å². The van der Waals surface area contributed by atoms with Crippen molar-refractivity contribution in [2.45, 2.75) is 0 Å². The van der Waals surface area contributed by atoms with Gasteiger partial charge in [0.15, 0.2) is 5.96 Å². The molecular formula is C4H12N5Na. The van der Waals surface area contributed by atoms with Crippen LogP contribution in [0, 0.1) is 5.41 Å². The zero-order valence-corrected chi connectivity index (χ0v) is 8.55. The van der Waals surface area contributed by atoms with Gasteiger partial charge in [0, 0.05) is 14.1 Å². The molecule has 6 heteroatoms. The predicted octanol–water partition coefficient (Wildman–Crippen LogP) is -4.13. The van der Waals surface area contributed by atoms with Crippen molar-refractivity contribution in [1.29, 1.82) is 5.41 Å². The minimum absolute atomic E-state index is 0. The topological polar surface area (TPSA) is 91.5 Å². The van der Waals surface area contributed by atoms with Crippen molar-refractivity contribution in [2.75, 3.05) is 14.1 Å². The summed E-state index contributed by atoms with van der Waals surface area (Å²) in [5.41, 5.74) is 10.2. The summed E-state index contributed by atoms with van der Waals surface area (Å²) in [4.78, 5) is 5.03. The molecule has 0 radical (unpaired) electrons. The second kappa shape index (κ2) is 5.52. The van der Waals surface area contributed by atoms with E-state index in [4.69, 9.17) is 16.9 Å². The maximum absolute atomic E-state index is 6.70. The van der Waals surface area contributed by atoms with E-state index in [-0.39, 0.29) is 42.9 Å². The van der Waals surface area contributed by atoms with Gasteiger partial charge in [-0.2, -0.15) is 4.99 Å². The Hall–Kier alpha value is -0.260. The number of guanidine groups is 2. The largest absolute Gasteiger partial charge is 1.00 e. The van der Waals surface area contributed by atoms with E-state index in [1.807, 2.05) is 0 Å². The van der Waals surface area contributed by atoms with Gasteiger partial charge in [-0.25, -0.2) is 0 Å². The molecule has 54 valence electrons. The molecular weight excluding hydrogens is 141 g/mol. The molecule has 0 aliphatic carbocycles. The summed E-state index contributed by atoms with van der Waals surface area (Å²) < 4.78 is 0. The van der Waals surface area contributed by atoms with Crippen LogP contribution in [0.25, 0.3) is 0 Å².